The highest BCUT2D eigenvalue weighted by molar-refractivity contribution is 7.99. The van der Waals surface area contributed by atoms with Gasteiger partial charge in [0.05, 0.1) is 6.10 Å². The van der Waals surface area contributed by atoms with E-state index < -0.39 is 6.10 Å². The molecule has 0 aromatic heterocycles. The van der Waals surface area contributed by atoms with Crippen LogP contribution in [0.25, 0.3) is 0 Å². The van der Waals surface area contributed by atoms with E-state index in [0.717, 1.165) is 18.1 Å². The van der Waals surface area contributed by atoms with Gasteiger partial charge >= 0.3 is 0 Å². The second kappa shape index (κ2) is 8.25. The number of aliphatic hydroxyl groups excluding tert-OH is 1. The molecule has 0 spiro atoms. The molecule has 7 heteroatoms. The lowest BCUT2D eigenvalue weighted by Crippen LogP contribution is -2.41. The predicted molar refractivity (Wildman–Crippen MR) is 88.2 cm³/mol. The summed E-state index contributed by atoms with van der Waals surface area (Å²) in [6, 6.07) is 5.24. The number of aliphatic hydroxyl groups is 1. The van der Waals surface area contributed by atoms with Gasteiger partial charge in [-0.25, -0.2) is 0 Å². The van der Waals surface area contributed by atoms with Crippen LogP contribution in [0.4, 0.5) is 0 Å². The normalized spacial score (nSPS) is 20.0. The van der Waals surface area contributed by atoms with E-state index in [1.165, 1.54) is 0 Å². The monoisotopic (exact) mass is 348 g/mol. The van der Waals surface area contributed by atoms with Crippen LogP contribution < -0.4 is 10.6 Å². The van der Waals surface area contributed by atoms with Crippen LogP contribution in [0, 0.1) is 0 Å². The van der Waals surface area contributed by atoms with Gasteiger partial charge in [0.25, 0.3) is 0 Å². The molecule has 4 nitrogen and oxygen atoms in total. The molecule has 2 unspecified atom stereocenters. The van der Waals surface area contributed by atoms with Crippen molar-refractivity contribution < 1.29 is 9.90 Å². The van der Waals surface area contributed by atoms with E-state index in [1.54, 1.807) is 18.2 Å². The van der Waals surface area contributed by atoms with Crippen LogP contribution in [0.1, 0.15) is 18.1 Å². The SMILES string of the molecule is O=C(CC1CSCCN1)NCC(O)c1c(Cl)cccc1Cl. The fourth-order valence-corrected chi connectivity index (χ4v) is 3.79. The third-order valence-corrected chi connectivity index (χ3v) is 5.05. The van der Waals surface area contributed by atoms with Crippen molar-refractivity contribution in [2.45, 2.75) is 18.6 Å². The highest BCUT2D eigenvalue weighted by Gasteiger charge is 2.19. The minimum atomic E-state index is -0.913. The first-order valence-electron chi connectivity index (χ1n) is 6.77. The van der Waals surface area contributed by atoms with Gasteiger partial charge < -0.3 is 15.7 Å². The number of carbonyl (C=O) groups is 1. The molecule has 1 aliphatic rings. The standard InChI is InChI=1S/C14H18Cl2N2O2S/c15-10-2-1-3-11(16)14(10)12(19)7-18-13(20)6-9-8-21-5-4-17-9/h1-3,9,12,17,19H,4-8H2,(H,18,20). The first kappa shape index (κ1) is 16.9. The molecule has 3 N–H and O–H groups in total. The molecule has 2 atom stereocenters. The molecule has 0 aliphatic carbocycles. The summed E-state index contributed by atoms with van der Waals surface area (Å²) in [6.45, 7) is 1.03. The molecular formula is C14H18Cl2N2O2S. The molecule has 1 aliphatic heterocycles. The van der Waals surface area contributed by atoms with Crippen molar-refractivity contribution in [3.8, 4) is 0 Å². The zero-order valence-corrected chi connectivity index (χ0v) is 13.8. The lowest BCUT2D eigenvalue weighted by atomic mass is 10.1. The third-order valence-electron chi connectivity index (χ3n) is 3.26. The summed E-state index contributed by atoms with van der Waals surface area (Å²) in [5.41, 5.74) is 0.451. The topological polar surface area (TPSA) is 61.4 Å². The smallest absolute Gasteiger partial charge is 0.221 e. The Hall–Kier alpha value is -0.460. The molecule has 0 bridgehead atoms. The number of thioether (sulfide) groups is 1. The Balaban J connectivity index is 1.83. The van der Waals surface area contributed by atoms with E-state index in [1.807, 2.05) is 11.8 Å². The molecule has 2 rings (SSSR count). The molecule has 116 valence electrons. The van der Waals surface area contributed by atoms with Gasteiger partial charge in [0.1, 0.15) is 0 Å². The first-order valence-corrected chi connectivity index (χ1v) is 8.69. The maximum atomic E-state index is 11.9. The van der Waals surface area contributed by atoms with Gasteiger partial charge in [0, 0.05) is 52.7 Å². The van der Waals surface area contributed by atoms with E-state index in [0.29, 0.717) is 22.0 Å². The zero-order chi connectivity index (χ0) is 15.2. The second-order valence-electron chi connectivity index (χ2n) is 4.89. The highest BCUT2D eigenvalue weighted by atomic mass is 35.5. The van der Waals surface area contributed by atoms with Crippen LogP contribution in [0.5, 0.6) is 0 Å². The van der Waals surface area contributed by atoms with Crippen LogP contribution in [-0.2, 0) is 4.79 Å². The predicted octanol–water partition coefficient (Wildman–Crippen LogP) is 2.24. The molecule has 1 aromatic carbocycles. The Bertz CT molecular complexity index is 476. The van der Waals surface area contributed by atoms with E-state index in [-0.39, 0.29) is 18.5 Å². The van der Waals surface area contributed by atoms with Gasteiger partial charge in [-0.1, -0.05) is 29.3 Å². The highest BCUT2D eigenvalue weighted by Crippen LogP contribution is 2.29. The summed E-state index contributed by atoms with van der Waals surface area (Å²) in [6.07, 6.45) is -0.500. The van der Waals surface area contributed by atoms with Crippen molar-refractivity contribution in [3.63, 3.8) is 0 Å². The third kappa shape index (κ3) is 5.04. The number of hydrogen-bond donors (Lipinski definition) is 3. The van der Waals surface area contributed by atoms with Crippen molar-refractivity contribution >= 4 is 40.9 Å². The largest absolute Gasteiger partial charge is 0.386 e. The molecule has 0 saturated carbocycles. The lowest BCUT2D eigenvalue weighted by Gasteiger charge is -2.23. The Morgan fingerprint density at radius 3 is 2.81 bits per heavy atom. The second-order valence-corrected chi connectivity index (χ2v) is 6.85. The molecule has 1 amide bonds. The van der Waals surface area contributed by atoms with Gasteiger partial charge in [-0.3, -0.25) is 4.79 Å². The minimum absolute atomic E-state index is 0.0859. The maximum absolute atomic E-state index is 11.9. The molecule has 21 heavy (non-hydrogen) atoms. The number of halogens is 2. The molecule has 1 heterocycles. The summed E-state index contributed by atoms with van der Waals surface area (Å²) < 4.78 is 0. The van der Waals surface area contributed by atoms with Crippen molar-refractivity contribution in [1.29, 1.82) is 0 Å². The maximum Gasteiger partial charge on any atom is 0.221 e. The van der Waals surface area contributed by atoms with Crippen molar-refractivity contribution in [3.05, 3.63) is 33.8 Å². The van der Waals surface area contributed by atoms with Gasteiger partial charge in [-0.05, 0) is 12.1 Å². The Kier molecular flexibility index (Phi) is 6.64. The Morgan fingerprint density at radius 1 is 1.48 bits per heavy atom. The molecule has 1 aromatic rings. The average molecular weight is 349 g/mol. The first-order chi connectivity index (χ1) is 10.1. The summed E-state index contributed by atoms with van der Waals surface area (Å²) in [4.78, 5) is 11.9. The average Bonchev–Trinajstić information content (AvgIpc) is 2.46. The lowest BCUT2D eigenvalue weighted by molar-refractivity contribution is -0.121. The number of carbonyl (C=O) groups excluding carboxylic acids is 1. The van der Waals surface area contributed by atoms with Gasteiger partial charge in [0.2, 0.25) is 5.91 Å². The van der Waals surface area contributed by atoms with Crippen molar-refractivity contribution in [2.24, 2.45) is 0 Å². The van der Waals surface area contributed by atoms with Gasteiger partial charge in [0.15, 0.2) is 0 Å². The number of benzene rings is 1. The van der Waals surface area contributed by atoms with Crippen LogP contribution in [0.2, 0.25) is 10.0 Å². The van der Waals surface area contributed by atoms with E-state index in [2.05, 4.69) is 10.6 Å². The number of nitrogens with one attached hydrogen (secondary N) is 2. The molecule has 0 radical (unpaired) electrons. The van der Waals surface area contributed by atoms with Crippen LogP contribution in [-0.4, -0.2) is 41.7 Å². The molecular weight excluding hydrogens is 331 g/mol. The fourth-order valence-electron chi connectivity index (χ4n) is 2.19. The van der Waals surface area contributed by atoms with E-state index >= 15 is 0 Å². The summed E-state index contributed by atoms with van der Waals surface area (Å²) in [7, 11) is 0. The van der Waals surface area contributed by atoms with Crippen LogP contribution >= 0.6 is 35.0 Å². The Morgan fingerprint density at radius 2 is 2.19 bits per heavy atom. The number of amides is 1. The van der Waals surface area contributed by atoms with Crippen molar-refractivity contribution in [1.82, 2.24) is 10.6 Å². The quantitative estimate of drug-likeness (QED) is 0.763. The summed E-state index contributed by atoms with van der Waals surface area (Å²) in [5, 5.41) is 17.0. The summed E-state index contributed by atoms with van der Waals surface area (Å²) in [5.74, 6) is 1.94. The van der Waals surface area contributed by atoms with E-state index in [9.17, 15) is 9.90 Å². The zero-order valence-electron chi connectivity index (χ0n) is 11.4. The Labute approximate surface area is 138 Å². The van der Waals surface area contributed by atoms with E-state index in [4.69, 9.17) is 23.2 Å². The summed E-state index contributed by atoms with van der Waals surface area (Å²) >= 11 is 13.9. The number of rotatable bonds is 5. The number of hydrogen-bond acceptors (Lipinski definition) is 4. The molecule has 1 saturated heterocycles. The van der Waals surface area contributed by atoms with Crippen molar-refractivity contribution in [2.75, 3.05) is 24.6 Å². The van der Waals surface area contributed by atoms with Crippen LogP contribution in [0.15, 0.2) is 18.2 Å². The van der Waals surface area contributed by atoms with Gasteiger partial charge in [-0.15, -0.1) is 0 Å². The van der Waals surface area contributed by atoms with Crippen LogP contribution in [0.3, 0.4) is 0 Å². The minimum Gasteiger partial charge on any atom is -0.386 e. The molecule has 1 fully saturated rings. The fraction of sp³-hybridized carbons (Fsp3) is 0.500. The van der Waals surface area contributed by atoms with Gasteiger partial charge in [-0.2, -0.15) is 11.8 Å².